The molecule has 1 heterocycles. The summed E-state index contributed by atoms with van der Waals surface area (Å²) in [4.78, 5) is 16.0. The zero-order valence-electron chi connectivity index (χ0n) is 15.1. The van der Waals surface area contributed by atoms with E-state index in [2.05, 4.69) is 4.98 Å². The van der Waals surface area contributed by atoms with E-state index >= 15 is 0 Å². The van der Waals surface area contributed by atoms with Gasteiger partial charge in [0.25, 0.3) is 15.9 Å². The van der Waals surface area contributed by atoms with Gasteiger partial charge in [-0.1, -0.05) is 17.7 Å². The topological polar surface area (TPSA) is 90.3 Å². The van der Waals surface area contributed by atoms with Crippen LogP contribution >= 0.6 is 11.6 Å². The Morgan fingerprint density at radius 2 is 1.86 bits per heavy atom. The first-order valence-electron chi connectivity index (χ1n) is 8.02. The molecule has 0 atom stereocenters. The molecule has 152 valence electrons. The third kappa shape index (κ3) is 4.08. The number of rotatable bonds is 5. The normalized spacial score (nSPS) is 11.3. The number of benzene rings is 2. The number of carbonyl (C=O) groups excluding carboxylic acids is 1. The first kappa shape index (κ1) is 20.7. The van der Waals surface area contributed by atoms with Crippen molar-refractivity contribution >= 4 is 27.5 Å². The molecule has 7 nitrogen and oxygen atoms in total. The fraction of sp³-hybridized carbons (Fsp3) is 0.111. The standard InChI is InChI=1S/C18H14ClF2N3O4S/c1-24-9-14(22-17(24)16-12(20)4-3-5-13(16)21)18(25)23-29(26,27)15-8-10(28-2)6-7-11(15)19/h3-9H,1-2H3,(H,23,25). The number of halogens is 3. The second kappa shape index (κ2) is 7.80. The zero-order valence-corrected chi connectivity index (χ0v) is 16.7. The number of imidazole rings is 1. The van der Waals surface area contributed by atoms with E-state index in [1.807, 2.05) is 4.72 Å². The minimum atomic E-state index is -4.36. The molecule has 29 heavy (non-hydrogen) atoms. The number of nitrogens with one attached hydrogen (secondary N) is 1. The van der Waals surface area contributed by atoms with E-state index in [-0.39, 0.29) is 27.2 Å². The third-order valence-electron chi connectivity index (χ3n) is 3.95. The van der Waals surface area contributed by atoms with Gasteiger partial charge >= 0.3 is 0 Å². The van der Waals surface area contributed by atoms with Crippen LogP contribution in [0.1, 0.15) is 10.5 Å². The van der Waals surface area contributed by atoms with Gasteiger partial charge in [-0.25, -0.2) is 26.9 Å². The molecular formula is C18H14ClF2N3O4S. The highest BCUT2D eigenvalue weighted by Crippen LogP contribution is 2.27. The van der Waals surface area contributed by atoms with E-state index in [4.69, 9.17) is 16.3 Å². The maximum absolute atomic E-state index is 14.0. The third-order valence-corrected chi connectivity index (χ3v) is 5.76. The van der Waals surface area contributed by atoms with Crippen LogP contribution in [0, 0.1) is 11.6 Å². The van der Waals surface area contributed by atoms with E-state index in [0.717, 1.165) is 24.4 Å². The van der Waals surface area contributed by atoms with Gasteiger partial charge in [-0.2, -0.15) is 0 Å². The summed E-state index contributed by atoms with van der Waals surface area (Å²) >= 11 is 5.92. The van der Waals surface area contributed by atoms with Crippen LogP contribution in [-0.2, 0) is 17.1 Å². The predicted octanol–water partition coefficient (Wildman–Crippen LogP) is 3.15. The summed E-state index contributed by atoms with van der Waals surface area (Å²) in [6.45, 7) is 0. The number of amides is 1. The Morgan fingerprint density at radius 3 is 2.48 bits per heavy atom. The van der Waals surface area contributed by atoms with Crippen LogP contribution in [0.25, 0.3) is 11.4 Å². The molecule has 11 heteroatoms. The Hall–Kier alpha value is -2.98. The molecule has 1 N–H and O–H groups in total. The van der Waals surface area contributed by atoms with Crippen molar-refractivity contribution < 1.29 is 26.7 Å². The van der Waals surface area contributed by atoms with Crippen molar-refractivity contribution in [2.75, 3.05) is 7.11 Å². The van der Waals surface area contributed by atoms with Crippen molar-refractivity contribution in [1.29, 1.82) is 0 Å². The monoisotopic (exact) mass is 441 g/mol. The molecule has 0 radical (unpaired) electrons. The number of sulfonamides is 1. The highest BCUT2D eigenvalue weighted by molar-refractivity contribution is 7.90. The second-order valence-electron chi connectivity index (χ2n) is 5.89. The van der Waals surface area contributed by atoms with E-state index in [1.165, 1.54) is 36.9 Å². The molecule has 0 saturated carbocycles. The molecule has 2 aromatic carbocycles. The number of aromatic nitrogens is 2. The molecule has 0 bridgehead atoms. The number of methoxy groups -OCH3 is 1. The number of hydrogen-bond acceptors (Lipinski definition) is 5. The van der Waals surface area contributed by atoms with Crippen LogP contribution in [0.3, 0.4) is 0 Å². The molecule has 0 aliphatic heterocycles. The molecule has 1 aromatic heterocycles. The minimum Gasteiger partial charge on any atom is -0.497 e. The van der Waals surface area contributed by atoms with Crippen LogP contribution in [0.5, 0.6) is 5.75 Å². The van der Waals surface area contributed by atoms with Crippen molar-refractivity contribution in [1.82, 2.24) is 14.3 Å². The molecule has 0 saturated heterocycles. The summed E-state index contributed by atoms with van der Waals surface area (Å²) in [6.07, 6.45) is 1.15. The maximum Gasteiger partial charge on any atom is 0.285 e. The fourth-order valence-corrected chi connectivity index (χ4v) is 4.04. The molecule has 0 spiro atoms. The minimum absolute atomic E-state index is 0.124. The highest BCUT2D eigenvalue weighted by atomic mass is 35.5. The van der Waals surface area contributed by atoms with Gasteiger partial charge in [-0.15, -0.1) is 0 Å². The molecule has 0 aliphatic carbocycles. The number of nitrogens with zero attached hydrogens (tertiary/aromatic N) is 2. The Morgan fingerprint density at radius 1 is 1.21 bits per heavy atom. The summed E-state index contributed by atoms with van der Waals surface area (Å²) in [5, 5.41) is -0.124. The lowest BCUT2D eigenvalue weighted by Gasteiger charge is -2.09. The van der Waals surface area contributed by atoms with Crippen molar-refractivity contribution in [3.8, 4) is 17.1 Å². The van der Waals surface area contributed by atoms with Gasteiger partial charge in [0.05, 0.1) is 17.7 Å². The summed E-state index contributed by atoms with van der Waals surface area (Å²) in [5.74, 6) is -2.80. The highest BCUT2D eigenvalue weighted by Gasteiger charge is 2.25. The van der Waals surface area contributed by atoms with Gasteiger partial charge in [0, 0.05) is 19.3 Å². The number of carbonyl (C=O) groups is 1. The summed E-state index contributed by atoms with van der Waals surface area (Å²) < 4.78 is 61.1. The zero-order chi connectivity index (χ0) is 21.3. The molecule has 3 aromatic rings. The lowest BCUT2D eigenvalue weighted by atomic mass is 10.2. The van der Waals surface area contributed by atoms with Crippen molar-refractivity contribution in [2.24, 2.45) is 7.05 Å². The van der Waals surface area contributed by atoms with E-state index < -0.39 is 33.1 Å². The molecule has 0 fully saturated rings. The quantitative estimate of drug-likeness (QED) is 0.657. The SMILES string of the molecule is COc1ccc(Cl)c(S(=O)(=O)NC(=O)c2cn(C)c(-c3c(F)cccc3F)n2)c1. The van der Waals surface area contributed by atoms with Crippen LogP contribution in [-0.4, -0.2) is 31.0 Å². The molecule has 0 unspecified atom stereocenters. The lowest BCUT2D eigenvalue weighted by Crippen LogP contribution is -2.31. The Bertz CT molecular complexity index is 1190. The average Bonchev–Trinajstić information content (AvgIpc) is 3.03. The first-order chi connectivity index (χ1) is 13.6. The smallest absolute Gasteiger partial charge is 0.285 e. The molecule has 1 amide bonds. The van der Waals surface area contributed by atoms with Crippen molar-refractivity contribution in [3.05, 3.63) is 64.9 Å². The molecular weight excluding hydrogens is 428 g/mol. The van der Waals surface area contributed by atoms with Gasteiger partial charge in [0.15, 0.2) is 0 Å². The molecule has 3 rings (SSSR count). The first-order valence-corrected chi connectivity index (χ1v) is 9.88. The van der Waals surface area contributed by atoms with Gasteiger partial charge in [0.2, 0.25) is 0 Å². The van der Waals surface area contributed by atoms with Gasteiger partial charge in [-0.05, 0) is 24.3 Å². The average molecular weight is 442 g/mol. The second-order valence-corrected chi connectivity index (χ2v) is 7.95. The number of ether oxygens (including phenoxy) is 1. The summed E-state index contributed by atoms with van der Waals surface area (Å²) in [6, 6.07) is 7.19. The maximum atomic E-state index is 14.0. The van der Waals surface area contributed by atoms with Crippen LogP contribution in [0.2, 0.25) is 5.02 Å². The summed E-state index contributed by atoms with van der Waals surface area (Å²) in [5.41, 5.74) is -0.791. The van der Waals surface area contributed by atoms with Crippen molar-refractivity contribution in [3.63, 3.8) is 0 Å². The largest absolute Gasteiger partial charge is 0.497 e. The van der Waals surface area contributed by atoms with Crippen molar-refractivity contribution in [2.45, 2.75) is 4.90 Å². The predicted molar refractivity (Wildman–Crippen MR) is 101 cm³/mol. The van der Waals surface area contributed by atoms with Crippen LogP contribution < -0.4 is 9.46 Å². The van der Waals surface area contributed by atoms with Gasteiger partial charge in [0.1, 0.15) is 33.8 Å². The van der Waals surface area contributed by atoms with Crippen LogP contribution in [0.4, 0.5) is 8.78 Å². The van der Waals surface area contributed by atoms with E-state index in [1.54, 1.807) is 0 Å². The van der Waals surface area contributed by atoms with E-state index in [9.17, 15) is 22.0 Å². The van der Waals surface area contributed by atoms with Crippen LogP contribution in [0.15, 0.2) is 47.5 Å². The van der Waals surface area contributed by atoms with Gasteiger partial charge in [-0.3, -0.25) is 4.79 Å². The Labute approximate surface area is 169 Å². The Kier molecular flexibility index (Phi) is 5.58. The molecule has 0 aliphatic rings. The summed E-state index contributed by atoms with van der Waals surface area (Å²) in [7, 11) is -1.61. The number of aryl methyl sites for hydroxylation is 1. The van der Waals surface area contributed by atoms with E-state index in [0.29, 0.717) is 0 Å². The Balaban J connectivity index is 1.95. The lowest BCUT2D eigenvalue weighted by molar-refractivity contribution is 0.0977. The van der Waals surface area contributed by atoms with Gasteiger partial charge < -0.3 is 9.30 Å². The fourth-order valence-electron chi connectivity index (χ4n) is 2.57. The number of hydrogen-bond donors (Lipinski definition) is 1.